The third-order valence-corrected chi connectivity index (χ3v) is 5.64. The zero-order chi connectivity index (χ0) is 25.8. The first-order valence-electron chi connectivity index (χ1n) is 11.0. The van der Waals surface area contributed by atoms with E-state index in [1.807, 2.05) is 19.9 Å². The molecule has 0 fully saturated rings. The van der Waals surface area contributed by atoms with Crippen molar-refractivity contribution < 1.29 is 14.3 Å². The van der Waals surface area contributed by atoms with Gasteiger partial charge in [-0.25, -0.2) is 14.5 Å². The van der Waals surface area contributed by atoms with Crippen molar-refractivity contribution in [1.82, 2.24) is 19.7 Å². The predicted octanol–water partition coefficient (Wildman–Crippen LogP) is 5.76. The fourth-order valence-corrected chi connectivity index (χ4v) is 3.80. The van der Waals surface area contributed by atoms with E-state index in [1.54, 1.807) is 54.1 Å². The minimum atomic E-state index is -0.604. The summed E-state index contributed by atoms with van der Waals surface area (Å²) in [6.45, 7) is 5.61. The summed E-state index contributed by atoms with van der Waals surface area (Å²) in [5.41, 5.74) is 2.77. The summed E-state index contributed by atoms with van der Waals surface area (Å²) in [6, 6.07) is 13.4. The summed E-state index contributed by atoms with van der Waals surface area (Å²) in [6.07, 6.45) is 1.37. The summed E-state index contributed by atoms with van der Waals surface area (Å²) in [4.78, 5) is 34.6. The van der Waals surface area contributed by atoms with Gasteiger partial charge in [-0.05, 0) is 57.2 Å². The molecule has 0 spiro atoms. The maximum Gasteiger partial charge on any atom is 0.343 e. The van der Waals surface area contributed by atoms with E-state index in [9.17, 15) is 9.59 Å². The first kappa shape index (κ1) is 25.2. The molecule has 0 atom stereocenters. The summed E-state index contributed by atoms with van der Waals surface area (Å²) >= 11 is 12.3. The van der Waals surface area contributed by atoms with Crippen LogP contribution in [0.3, 0.4) is 0 Å². The summed E-state index contributed by atoms with van der Waals surface area (Å²) in [7, 11) is 0. The molecule has 0 radical (unpaired) electrons. The maximum atomic E-state index is 13.2. The van der Waals surface area contributed by atoms with Gasteiger partial charge in [0.05, 0.1) is 34.3 Å². The Morgan fingerprint density at radius 2 is 1.81 bits per heavy atom. The Morgan fingerprint density at radius 1 is 1.03 bits per heavy atom. The molecule has 0 aliphatic heterocycles. The molecule has 2 N–H and O–H groups in total. The van der Waals surface area contributed by atoms with E-state index < -0.39 is 11.9 Å². The van der Waals surface area contributed by atoms with Gasteiger partial charge in [-0.3, -0.25) is 4.79 Å². The number of nitrogens with zero attached hydrogens (tertiary/aromatic N) is 4. The maximum absolute atomic E-state index is 13.2. The largest absolute Gasteiger partial charge is 0.462 e. The third kappa shape index (κ3) is 5.48. The molecule has 0 unspecified atom stereocenters. The molecule has 2 aromatic heterocycles. The first-order valence-corrected chi connectivity index (χ1v) is 11.7. The number of carbonyl (C=O) groups excluding carboxylic acids is 2. The van der Waals surface area contributed by atoms with E-state index in [0.29, 0.717) is 21.4 Å². The summed E-state index contributed by atoms with van der Waals surface area (Å²) in [5, 5.41) is 11.0. The predicted molar refractivity (Wildman–Crippen MR) is 139 cm³/mol. The van der Waals surface area contributed by atoms with Crippen LogP contribution in [0.15, 0.2) is 54.7 Å². The monoisotopic (exact) mass is 524 g/mol. The quantitative estimate of drug-likeness (QED) is 0.295. The standard InChI is InChI=1S/C25H22Cl2N6O3/c1-4-36-24(35)18-13-28-25(33-15(3)11-14(2)32-33)31-22(18)29-20-8-6-5-7-17(20)23(34)30-21-12-16(26)9-10-19(21)27/h5-13H,4H2,1-3H3,(H,30,34)(H,28,29,31). The number of benzene rings is 2. The Labute approximate surface area is 217 Å². The molecular formula is C25H22Cl2N6O3. The average molecular weight is 525 g/mol. The number of aryl methyl sites for hydroxylation is 2. The summed E-state index contributed by atoms with van der Waals surface area (Å²) < 4.78 is 6.74. The van der Waals surface area contributed by atoms with E-state index in [4.69, 9.17) is 27.9 Å². The molecule has 0 bridgehead atoms. The lowest BCUT2D eigenvalue weighted by molar-refractivity contribution is 0.0526. The number of carbonyl (C=O) groups is 2. The number of halogens is 2. The molecule has 0 saturated carbocycles. The summed E-state index contributed by atoms with van der Waals surface area (Å²) in [5.74, 6) is -0.629. The van der Waals surface area contributed by atoms with E-state index in [1.165, 1.54) is 6.20 Å². The minimum absolute atomic E-state index is 0.107. The van der Waals surface area contributed by atoms with E-state index in [0.717, 1.165) is 11.4 Å². The normalized spacial score (nSPS) is 10.7. The molecule has 4 aromatic rings. The molecule has 1 amide bonds. The SMILES string of the molecule is CCOC(=O)c1cnc(-n2nc(C)cc2C)nc1Nc1ccccc1C(=O)Nc1cc(Cl)ccc1Cl. The van der Waals surface area contributed by atoms with Crippen LogP contribution in [-0.2, 0) is 4.74 Å². The smallest absolute Gasteiger partial charge is 0.343 e. The molecule has 0 saturated heterocycles. The van der Waals surface area contributed by atoms with Crippen molar-refractivity contribution >= 4 is 52.3 Å². The van der Waals surface area contributed by atoms with Crippen molar-refractivity contribution in [3.8, 4) is 5.95 Å². The van der Waals surface area contributed by atoms with Crippen LogP contribution in [0.4, 0.5) is 17.2 Å². The number of hydrogen-bond donors (Lipinski definition) is 2. The first-order chi connectivity index (χ1) is 17.3. The Balaban J connectivity index is 1.73. The van der Waals surface area contributed by atoms with Crippen molar-refractivity contribution in [3.63, 3.8) is 0 Å². The fourth-order valence-electron chi connectivity index (χ4n) is 3.46. The Bertz CT molecular complexity index is 1450. The zero-order valence-corrected chi connectivity index (χ0v) is 21.2. The number of esters is 1. The van der Waals surface area contributed by atoms with Crippen molar-refractivity contribution in [3.05, 3.63) is 87.3 Å². The molecule has 11 heteroatoms. The highest BCUT2D eigenvalue weighted by Crippen LogP contribution is 2.28. The van der Waals surface area contributed by atoms with E-state index >= 15 is 0 Å². The van der Waals surface area contributed by atoms with Gasteiger partial charge in [0, 0.05) is 16.9 Å². The second kappa shape index (κ2) is 10.8. The van der Waals surface area contributed by atoms with Crippen LogP contribution < -0.4 is 10.6 Å². The van der Waals surface area contributed by atoms with Gasteiger partial charge in [-0.2, -0.15) is 10.1 Å². The van der Waals surface area contributed by atoms with Gasteiger partial charge >= 0.3 is 5.97 Å². The number of ether oxygens (including phenoxy) is 1. The zero-order valence-electron chi connectivity index (χ0n) is 19.7. The van der Waals surface area contributed by atoms with Crippen LogP contribution in [0, 0.1) is 13.8 Å². The Hall–Kier alpha value is -3.95. The Morgan fingerprint density at radius 3 is 2.53 bits per heavy atom. The molecule has 2 aromatic carbocycles. The van der Waals surface area contributed by atoms with Crippen LogP contribution in [0.2, 0.25) is 10.0 Å². The molecular weight excluding hydrogens is 503 g/mol. The van der Waals surface area contributed by atoms with E-state index in [-0.39, 0.29) is 29.5 Å². The number of rotatable bonds is 7. The number of aromatic nitrogens is 4. The molecule has 2 heterocycles. The van der Waals surface area contributed by atoms with Crippen molar-refractivity contribution in [2.75, 3.05) is 17.2 Å². The fraction of sp³-hybridized carbons (Fsp3) is 0.160. The topological polar surface area (TPSA) is 111 Å². The van der Waals surface area contributed by atoms with Gasteiger partial charge < -0.3 is 15.4 Å². The van der Waals surface area contributed by atoms with Crippen LogP contribution in [0.5, 0.6) is 0 Å². The van der Waals surface area contributed by atoms with Crippen molar-refractivity contribution in [2.45, 2.75) is 20.8 Å². The number of hydrogen-bond acceptors (Lipinski definition) is 7. The van der Waals surface area contributed by atoms with Crippen molar-refractivity contribution in [2.24, 2.45) is 0 Å². The third-order valence-electron chi connectivity index (χ3n) is 5.07. The minimum Gasteiger partial charge on any atom is -0.462 e. The van der Waals surface area contributed by atoms with Gasteiger partial charge in [0.15, 0.2) is 5.82 Å². The van der Waals surface area contributed by atoms with Crippen LogP contribution >= 0.6 is 23.2 Å². The number of amides is 1. The number of anilines is 3. The highest BCUT2D eigenvalue weighted by atomic mass is 35.5. The average Bonchev–Trinajstić information content (AvgIpc) is 3.19. The highest BCUT2D eigenvalue weighted by Gasteiger charge is 2.20. The molecule has 184 valence electrons. The van der Waals surface area contributed by atoms with Gasteiger partial charge in [-0.15, -0.1) is 0 Å². The lowest BCUT2D eigenvalue weighted by Crippen LogP contribution is -2.16. The molecule has 9 nitrogen and oxygen atoms in total. The van der Waals surface area contributed by atoms with Crippen LogP contribution in [0.25, 0.3) is 5.95 Å². The molecule has 0 aliphatic rings. The van der Waals surface area contributed by atoms with Gasteiger partial charge in [0.1, 0.15) is 5.56 Å². The number of para-hydroxylation sites is 1. The second-order valence-corrected chi connectivity index (χ2v) is 8.58. The van der Waals surface area contributed by atoms with Gasteiger partial charge in [-0.1, -0.05) is 35.3 Å². The molecule has 36 heavy (non-hydrogen) atoms. The Kier molecular flexibility index (Phi) is 7.52. The van der Waals surface area contributed by atoms with Crippen LogP contribution in [-0.4, -0.2) is 38.2 Å². The van der Waals surface area contributed by atoms with Crippen molar-refractivity contribution in [1.29, 1.82) is 0 Å². The highest BCUT2D eigenvalue weighted by molar-refractivity contribution is 6.36. The lowest BCUT2D eigenvalue weighted by Gasteiger charge is -2.15. The van der Waals surface area contributed by atoms with Crippen LogP contribution in [0.1, 0.15) is 39.0 Å². The van der Waals surface area contributed by atoms with E-state index in [2.05, 4.69) is 25.7 Å². The molecule has 4 rings (SSSR count). The number of nitrogens with one attached hydrogen (secondary N) is 2. The second-order valence-electron chi connectivity index (χ2n) is 7.74. The lowest BCUT2D eigenvalue weighted by atomic mass is 10.1. The van der Waals surface area contributed by atoms with Gasteiger partial charge in [0.2, 0.25) is 0 Å². The van der Waals surface area contributed by atoms with Gasteiger partial charge in [0.25, 0.3) is 11.9 Å². The molecule has 0 aliphatic carbocycles.